The SMILES string of the molecule is CCOC(=O)c1c(NC(=O)c2ccccc2)sc2c1CCC[C@@H]2O. The molecular weight excluding hydrogens is 326 g/mol. The zero-order chi connectivity index (χ0) is 17.1. The number of aliphatic hydroxyl groups excluding tert-OH is 1. The van der Waals surface area contributed by atoms with Gasteiger partial charge in [0.1, 0.15) is 5.00 Å². The molecule has 0 unspecified atom stereocenters. The number of nitrogens with one attached hydrogen (secondary N) is 1. The molecule has 0 aliphatic heterocycles. The quantitative estimate of drug-likeness (QED) is 0.831. The summed E-state index contributed by atoms with van der Waals surface area (Å²) < 4.78 is 5.15. The van der Waals surface area contributed by atoms with Crippen LogP contribution in [0.2, 0.25) is 0 Å². The summed E-state index contributed by atoms with van der Waals surface area (Å²) in [5.74, 6) is -0.735. The van der Waals surface area contributed by atoms with Gasteiger partial charge in [0.15, 0.2) is 0 Å². The Morgan fingerprint density at radius 2 is 2.08 bits per heavy atom. The number of fused-ring (bicyclic) bond motifs is 1. The lowest BCUT2D eigenvalue weighted by Gasteiger charge is -2.17. The molecular formula is C18H19NO4S. The minimum atomic E-state index is -0.589. The van der Waals surface area contributed by atoms with Gasteiger partial charge in [-0.05, 0) is 43.9 Å². The highest BCUT2D eigenvalue weighted by molar-refractivity contribution is 7.17. The number of ether oxygens (including phenoxy) is 1. The number of hydrogen-bond acceptors (Lipinski definition) is 5. The third-order valence-corrected chi connectivity index (χ3v) is 5.24. The first-order chi connectivity index (χ1) is 11.6. The van der Waals surface area contributed by atoms with Crippen molar-refractivity contribution >= 4 is 28.2 Å². The molecule has 5 nitrogen and oxygen atoms in total. The van der Waals surface area contributed by atoms with Crippen LogP contribution in [-0.4, -0.2) is 23.6 Å². The van der Waals surface area contributed by atoms with Crippen LogP contribution in [0.4, 0.5) is 5.00 Å². The van der Waals surface area contributed by atoms with Crippen LogP contribution in [0.1, 0.15) is 57.0 Å². The lowest BCUT2D eigenvalue weighted by molar-refractivity contribution is 0.0526. The van der Waals surface area contributed by atoms with E-state index in [4.69, 9.17) is 4.74 Å². The fourth-order valence-electron chi connectivity index (χ4n) is 2.88. The normalized spacial score (nSPS) is 16.3. The van der Waals surface area contributed by atoms with Gasteiger partial charge in [0, 0.05) is 10.4 Å². The zero-order valence-corrected chi connectivity index (χ0v) is 14.2. The summed E-state index contributed by atoms with van der Waals surface area (Å²) in [6, 6.07) is 8.82. The average Bonchev–Trinajstić information content (AvgIpc) is 2.95. The van der Waals surface area contributed by atoms with Crippen LogP contribution < -0.4 is 5.32 Å². The second kappa shape index (κ2) is 7.15. The van der Waals surface area contributed by atoms with Gasteiger partial charge >= 0.3 is 5.97 Å². The fraction of sp³-hybridized carbons (Fsp3) is 0.333. The van der Waals surface area contributed by atoms with Gasteiger partial charge in [-0.3, -0.25) is 4.79 Å². The van der Waals surface area contributed by atoms with E-state index in [1.807, 2.05) is 6.07 Å². The van der Waals surface area contributed by atoms with Crippen LogP contribution in [0, 0.1) is 0 Å². The van der Waals surface area contributed by atoms with Crippen molar-refractivity contribution in [3.8, 4) is 0 Å². The second-order valence-corrected chi connectivity index (χ2v) is 6.65. The largest absolute Gasteiger partial charge is 0.462 e. The van der Waals surface area contributed by atoms with E-state index < -0.39 is 12.1 Å². The summed E-state index contributed by atoms with van der Waals surface area (Å²) in [5.41, 5.74) is 1.71. The molecule has 3 rings (SSSR count). The minimum absolute atomic E-state index is 0.262. The maximum atomic E-state index is 12.4. The fourth-order valence-corrected chi connectivity index (χ4v) is 4.13. The number of hydrogen-bond donors (Lipinski definition) is 2. The molecule has 0 saturated heterocycles. The van der Waals surface area contributed by atoms with E-state index in [9.17, 15) is 14.7 Å². The van der Waals surface area contributed by atoms with Crippen LogP contribution in [0.25, 0.3) is 0 Å². The van der Waals surface area contributed by atoms with Gasteiger partial charge in [-0.2, -0.15) is 0 Å². The van der Waals surface area contributed by atoms with Crippen molar-refractivity contribution in [1.82, 2.24) is 0 Å². The maximum absolute atomic E-state index is 12.4. The average molecular weight is 345 g/mol. The predicted octanol–water partition coefficient (Wildman–Crippen LogP) is 3.55. The van der Waals surface area contributed by atoms with Gasteiger partial charge in [-0.1, -0.05) is 18.2 Å². The molecule has 0 spiro atoms. The number of aliphatic hydroxyl groups is 1. The number of amides is 1. The van der Waals surface area contributed by atoms with Gasteiger partial charge < -0.3 is 15.2 Å². The molecule has 6 heteroatoms. The molecule has 24 heavy (non-hydrogen) atoms. The molecule has 2 aromatic rings. The molecule has 1 atom stereocenters. The highest BCUT2D eigenvalue weighted by Gasteiger charge is 2.31. The lowest BCUT2D eigenvalue weighted by Crippen LogP contribution is -2.16. The molecule has 1 aromatic heterocycles. The molecule has 0 fully saturated rings. The van der Waals surface area contributed by atoms with E-state index in [1.165, 1.54) is 11.3 Å². The van der Waals surface area contributed by atoms with Crippen molar-refractivity contribution in [2.45, 2.75) is 32.3 Å². The van der Waals surface area contributed by atoms with Crippen molar-refractivity contribution in [2.75, 3.05) is 11.9 Å². The number of rotatable bonds is 4. The second-order valence-electron chi connectivity index (χ2n) is 5.60. The van der Waals surface area contributed by atoms with Gasteiger partial charge in [-0.25, -0.2) is 4.79 Å². The lowest BCUT2D eigenvalue weighted by atomic mass is 9.93. The highest BCUT2D eigenvalue weighted by Crippen LogP contribution is 2.43. The topological polar surface area (TPSA) is 75.6 Å². The Morgan fingerprint density at radius 1 is 1.33 bits per heavy atom. The van der Waals surface area contributed by atoms with Crippen molar-refractivity contribution in [2.24, 2.45) is 0 Å². The van der Waals surface area contributed by atoms with E-state index in [0.29, 0.717) is 29.0 Å². The first-order valence-electron chi connectivity index (χ1n) is 7.99. The van der Waals surface area contributed by atoms with Gasteiger partial charge in [0.2, 0.25) is 0 Å². The Hall–Kier alpha value is -2.18. The predicted molar refractivity (Wildman–Crippen MR) is 92.6 cm³/mol. The number of carbonyl (C=O) groups is 2. The first kappa shape index (κ1) is 16.7. The number of carbonyl (C=O) groups excluding carboxylic acids is 2. The van der Waals surface area contributed by atoms with E-state index in [0.717, 1.165) is 16.9 Å². The highest BCUT2D eigenvalue weighted by atomic mass is 32.1. The number of anilines is 1. The van der Waals surface area contributed by atoms with Crippen molar-refractivity contribution in [3.63, 3.8) is 0 Å². The van der Waals surface area contributed by atoms with Crippen LogP contribution in [-0.2, 0) is 11.2 Å². The summed E-state index contributed by atoms with van der Waals surface area (Å²) in [6.45, 7) is 2.01. The van der Waals surface area contributed by atoms with Crippen LogP contribution in [0.5, 0.6) is 0 Å². The van der Waals surface area contributed by atoms with E-state index in [-0.39, 0.29) is 12.5 Å². The Labute approximate surface area is 144 Å². The summed E-state index contributed by atoms with van der Waals surface area (Å²) in [5, 5.41) is 13.5. The summed E-state index contributed by atoms with van der Waals surface area (Å²) >= 11 is 1.26. The van der Waals surface area contributed by atoms with Crippen molar-refractivity contribution in [1.29, 1.82) is 0 Å². The van der Waals surface area contributed by atoms with Crippen molar-refractivity contribution < 1.29 is 19.4 Å². The Balaban J connectivity index is 1.97. The molecule has 1 aliphatic rings. The summed E-state index contributed by atoms with van der Waals surface area (Å²) in [4.78, 5) is 25.6. The number of thiophene rings is 1. The Kier molecular flexibility index (Phi) is 4.97. The number of benzene rings is 1. The third kappa shape index (κ3) is 3.20. The third-order valence-electron chi connectivity index (χ3n) is 3.99. The molecule has 0 radical (unpaired) electrons. The Bertz CT molecular complexity index is 754. The molecule has 0 saturated carbocycles. The molecule has 1 amide bonds. The van der Waals surface area contributed by atoms with Gasteiger partial charge in [0.05, 0.1) is 18.3 Å². The molecule has 0 bridgehead atoms. The van der Waals surface area contributed by atoms with Crippen molar-refractivity contribution in [3.05, 3.63) is 51.9 Å². The monoisotopic (exact) mass is 345 g/mol. The molecule has 126 valence electrons. The molecule has 2 N–H and O–H groups in total. The molecule has 1 heterocycles. The standard InChI is InChI=1S/C18H19NO4S/c1-2-23-18(22)14-12-9-6-10-13(20)15(12)24-17(14)19-16(21)11-7-4-3-5-8-11/h3-5,7-8,13,20H,2,6,9-10H2,1H3,(H,19,21)/t13-/m0/s1. The zero-order valence-electron chi connectivity index (χ0n) is 13.4. The van der Waals surface area contributed by atoms with E-state index >= 15 is 0 Å². The van der Waals surface area contributed by atoms with Crippen LogP contribution in [0.15, 0.2) is 30.3 Å². The molecule has 1 aromatic carbocycles. The van der Waals surface area contributed by atoms with Gasteiger partial charge in [-0.15, -0.1) is 11.3 Å². The molecule has 1 aliphatic carbocycles. The summed E-state index contributed by atoms with van der Waals surface area (Å²) in [6.07, 6.45) is 1.60. The van der Waals surface area contributed by atoms with Gasteiger partial charge in [0.25, 0.3) is 5.91 Å². The van der Waals surface area contributed by atoms with Crippen LogP contribution in [0.3, 0.4) is 0 Å². The van der Waals surface area contributed by atoms with E-state index in [2.05, 4.69) is 5.32 Å². The smallest absolute Gasteiger partial charge is 0.341 e. The first-order valence-corrected chi connectivity index (χ1v) is 8.80. The minimum Gasteiger partial charge on any atom is -0.462 e. The number of esters is 1. The summed E-state index contributed by atoms with van der Waals surface area (Å²) in [7, 11) is 0. The maximum Gasteiger partial charge on any atom is 0.341 e. The van der Waals surface area contributed by atoms with E-state index in [1.54, 1.807) is 31.2 Å². The Morgan fingerprint density at radius 3 is 2.79 bits per heavy atom. The van der Waals surface area contributed by atoms with Crippen LogP contribution >= 0.6 is 11.3 Å².